The Morgan fingerprint density at radius 2 is 1.95 bits per heavy atom. The zero-order valence-electron chi connectivity index (χ0n) is 12.0. The van der Waals surface area contributed by atoms with Crippen molar-refractivity contribution >= 4 is 12.0 Å². The van der Waals surface area contributed by atoms with Crippen molar-refractivity contribution in [2.45, 2.75) is 19.4 Å². The number of hydrogen-bond acceptors (Lipinski definition) is 4. The van der Waals surface area contributed by atoms with Crippen molar-refractivity contribution in [1.29, 1.82) is 0 Å². The van der Waals surface area contributed by atoms with E-state index < -0.39 is 18.0 Å². The van der Waals surface area contributed by atoms with Crippen molar-refractivity contribution in [3.63, 3.8) is 0 Å². The fourth-order valence-corrected chi connectivity index (χ4v) is 1.94. The highest BCUT2D eigenvalue weighted by Crippen LogP contribution is 2.13. The van der Waals surface area contributed by atoms with Gasteiger partial charge in [0.2, 0.25) is 5.91 Å². The van der Waals surface area contributed by atoms with Crippen molar-refractivity contribution in [3.05, 3.63) is 29.8 Å². The lowest BCUT2D eigenvalue weighted by molar-refractivity contribution is -0.118. The molecule has 116 valence electrons. The van der Waals surface area contributed by atoms with Gasteiger partial charge in [0.25, 0.3) is 0 Å². The molecule has 2 amide bonds. The summed E-state index contributed by atoms with van der Waals surface area (Å²) in [7, 11) is 0. The van der Waals surface area contributed by atoms with Crippen LogP contribution in [0.15, 0.2) is 24.3 Å². The zero-order chi connectivity index (χ0) is 15.8. The summed E-state index contributed by atoms with van der Waals surface area (Å²) in [4.78, 5) is 22.7. The second-order valence-electron chi connectivity index (χ2n) is 4.67. The van der Waals surface area contributed by atoms with Gasteiger partial charge in [-0.2, -0.15) is 0 Å². The van der Waals surface area contributed by atoms with E-state index in [1.165, 1.54) is 0 Å². The first-order valence-corrected chi connectivity index (χ1v) is 6.65. The van der Waals surface area contributed by atoms with Gasteiger partial charge >= 0.3 is 6.09 Å². The molecule has 21 heavy (non-hydrogen) atoms. The third-order valence-corrected chi connectivity index (χ3v) is 2.80. The SMILES string of the molecule is CCOc1ccc(C[C@@H](N)CN(CC(N)=O)C(=O)O)cc1. The van der Waals surface area contributed by atoms with Gasteiger partial charge in [-0.15, -0.1) is 0 Å². The van der Waals surface area contributed by atoms with E-state index in [-0.39, 0.29) is 13.1 Å². The number of rotatable bonds is 8. The first kappa shape index (κ1) is 16.8. The zero-order valence-corrected chi connectivity index (χ0v) is 12.0. The van der Waals surface area contributed by atoms with E-state index in [1.54, 1.807) is 0 Å². The predicted molar refractivity (Wildman–Crippen MR) is 78.1 cm³/mol. The Morgan fingerprint density at radius 1 is 1.33 bits per heavy atom. The summed E-state index contributed by atoms with van der Waals surface area (Å²) in [5.41, 5.74) is 11.9. The molecule has 1 aromatic rings. The Balaban J connectivity index is 2.56. The van der Waals surface area contributed by atoms with Crippen LogP contribution in [0.1, 0.15) is 12.5 Å². The molecule has 0 saturated heterocycles. The molecule has 0 aromatic heterocycles. The van der Waals surface area contributed by atoms with E-state index in [0.29, 0.717) is 13.0 Å². The summed E-state index contributed by atoms with van der Waals surface area (Å²) in [5, 5.41) is 8.98. The molecule has 0 spiro atoms. The van der Waals surface area contributed by atoms with Crippen molar-refractivity contribution in [1.82, 2.24) is 4.90 Å². The highest BCUT2D eigenvalue weighted by atomic mass is 16.5. The van der Waals surface area contributed by atoms with Crippen LogP contribution in [0.2, 0.25) is 0 Å². The number of nitrogens with two attached hydrogens (primary N) is 2. The minimum absolute atomic E-state index is 0.0471. The predicted octanol–water partition coefficient (Wildman–Crippen LogP) is 0.420. The number of hydrogen-bond donors (Lipinski definition) is 3. The fourth-order valence-electron chi connectivity index (χ4n) is 1.94. The largest absolute Gasteiger partial charge is 0.494 e. The second-order valence-corrected chi connectivity index (χ2v) is 4.67. The number of amides is 2. The Hall–Kier alpha value is -2.28. The Kier molecular flexibility index (Phi) is 6.48. The molecule has 0 radical (unpaired) electrons. The molecular weight excluding hydrogens is 274 g/mol. The molecule has 7 heteroatoms. The summed E-state index contributed by atoms with van der Waals surface area (Å²) in [6, 6.07) is 7.01. The molecule has 0 aliphatic heterocycles. The topological polar surface area (TPSA) is 119 Å². The van der Waals surface area contributed by atoms with Gasteiger partial charge in [0, 0.05) is 12.6 Å². The van der Waals surface area contributed by atoms with Crippen LogP contribution < -0.4 is 16.2 Å². The van der Waals surface area contributed by atoms with E-state index in [2.05, 4.69) is 0 Å². The van der Waals surface area contributed by atoms with Gasteiger partial charge < -0.3 is 21.3 Å². The third-order valence-electron chi connectivity index (χ3n) is 2.80. The molecule has 1 aromatic carbocycles. The second kappa shape index (κ2) is 8.11. The maximum atomic E-state index is 11.0. The van der Waals surface area contributed by atoms with Gasteiger partial charge in [-0.1, -0.05) is 12.1 Å². The molecular formula is C14H21N3O4. The van der Waals surface area contributed by atoms with Gasteiger partial charge in [-0.3, -0.25) is 9.69 Å². The first-order valence-electron chi connectivity index (χ1n) is 6.65. The minimum Gasteiger partial charge on any atom is -0.494 e. The Bertz CT molecular complexity index is 476. The number of carbonyl (C=O) groups excluding carboxylic acids is 1. The quantitative estimate of drug-likeness (QED) is 0.642. The van der Waals surface area contributed by atoms with Crippen molar-refractivity contribution in [3.8, 4) is 5.75 Å². The van der Waals surface area contributed by atoms with Gasteiger partial charge in [-0.25, -0.2) is 4.79 Å². The summed E-state index contributed by atoms with van der Waals surface area (Å²) >= 11 is 0. The normalized spacial score (nSPS) is 11.7. The van der Waals surface area contributed by atoms with Crippen LogP contribution in [0.4, 0.5) is 4.79 Å². The van der Waals surface area contributed by atoms with E-state index in [0.717, 1.165) is 16.2 Å². The molecule has 1 atom stereocenters. The van der Waals surface area contributed by atoms with E-state index in [4.69, 9.17) is 21.3 Å². The summed E-state index contributed by atoms with van der Waals surface area (Å²) in [5.74, 6) is 0.0707. The van der Waals surface area contributed by atoms with E-state index in [9.17, 15) is 9.59 Å². The van der Waals surface area contributed by atoms with Crippen LogP contribution in [0.5, 0.6) is 5.75 Å². The molecule has 1 rings (SSSR count). The van der Waals surface area contributed by atoms with Crippen molar-refractivity contribution in [2.75, 3.05) is 19.7 Å². The van der Waals surface area contributed by atoms with Gasteiger partial charge in [0.05, 0.1) is 6.61 Å². The Labute approximate surface area is 123 Å². The minimum atomic E-state index is -1.21. The summed E-state index contributed by atoms with van der Waals surface area (Å²) in [6.45, 7) is 2.19. The van der Waals surface area contributed by atoms with Gasteiger partial charge in [-0.05, 0) is 31.0 Å². The number of primary amides is 1. The fraction of sp³-hybridized carbons (Fsp3) is 0.429. The highest BCUT2D eigenvalue weighted by Gasteiger charge is 2.18. The van der Waals surface area contributed by atoms with Crippen LogP contribution in [-0.2, 0) is 11.2 Å². The van der Waals surface area contributed by atoms with Crippen molar-refractivity contribution in [2.24, 2.45) is 11.5 Å². The smallest absolute Gasteiger partial charge is 0.407 e. The maximum Gasteiger partial charge on any atom is 0.407 e. The lowest BCUT2D eigenvalue weighted by atomic mass is 10.1. The summed E-state index contributed by atoms with van der Waals surface area (Å²) in [6.07, 6.45) is -0.717. The molecule has 5 N–H and O–H groups in total. The standard InChI is InChI=1S/C14H21N3O4/c1-2-21-12-5-3-10(4-6-12)7-11(15)8-17(14(19)20)9-13(16)18/h3-6,11H,2,7-9,15H2,1H3,(H2,16,18)(H,19,20)/t11-/m1/s1. The average Bonchev–Trinajstić information content (AvgIpc) is 2.40. The maximum absolute atomic E-state index is 11.0. The monoisotopic (exact) mass is 295 g/mol. The van der Waals surface area contributed by atoms with Crippen molar-refractivity contribution < 1.29 is 19.4 Å². The van der Waals surface area contributed by atoms with Crippen LogP contribution >= 0.6 is 0 Å². The van der Waals surface area contributed by atoms with E-state index in [1.807, 2.05) is 31.2 Å². The Morgan fingerprint density at radius 3 is 2.43 bits per heavy atom. The number of benzene rings is 1. The lowest BCUT2D eigenvalue weighted by Gasteiger charge is -2.21. The van der Waals surface area contributed by atoms with Crippen LogP contribution in [0, 0.1) is 0 Å². The highest BCUT2D eigenvalue weighted by molar-refractivity contribution is 5.80. The van der Waals surface area contributed by atoms with Gasteiger partial charge in [0.15, 0.2) is 0 Å². The number of carbonyl (C=O) groups is 2. The molecule has 0 heterocycles. The van der Waals surface area contributed by atoms with Gasteiger partial charge in [0.1, 0.15) is 12.3 Å². The summed E-state index contributed by atoms with van der Waals surface area (Å²) < 4.78 is 5.34. The van der Waals surface area contributed by atoms with Crippen LogP contribution in [-0.4, -0.2) is 47.7 Å². The average molecular weight is 295 g/mol. The first-order chi connectivity index (χ1) is 9.92. The molecule has 0 fully saturated rings. The van der Waals surface area contributed by atoms with E-state index >= 15 is 0 Å². The lowest BCUT2D eigenvalue weighted by Crippen LogP contribution is -2.45. The number of carboxylic acid groups (broad SMARTS) is 1. The molecule has 0 saturated carbocycles. The molecule has 0 aliphatic rings. The molecule has 0 unspecified atom stereocenters. The van der Waals surface area contributed by atoms with Crippen LogP contribution in [0.25, 0.3) is 0 Å². The molecule has 0 aliphatic carbocycles. The number of nitrogens with zero attached hydrogens (tertiary/aromatic N) is 1. The van der Waals surface area contributed by atoms with Crippen LogP contribution in [0.3, 0.4) is 0 Å². The molecule has 7 nitrogen and oxygen atoms in total. The molecule has 0 bridgehead atoms. The third kappa shape index (κ3) is 6.13. The number of ether oxygens (including phenoxy) is 1.